The Morgan fingerprint density at radius 2 is 2.18 bits per heavy atom. The van der Waals surface area contributed by atoms with Crippen LogP contribution in [-0.2, 0) is 4.79 Å². The van der Waals surface area contributed by atoms with Crippen LogP contribution in [0, 0.1) is 0 Å². The molecule has 1 atom stereocenters. The predicted molar refractivity (Wildman–Crippen MR) is 68.2 cm³/mol. The van der Waals surface area contributed by atoms with Crippen LogP contribution in [0.4, 0.5) is 5.82 Å². The number of nitrogens with zero attached hydrogens (tertiary/aromatic N) is 2. The molecule has 94 valence electrons. The molecule has 0 radical (unpaired) electrons. The van der Waals surface area contributed by atoms with Crippen LogP contribution in [0.3, 0.4) is 0 Å². The average Bonchev–Trinajstić information content (AvgIpc) is 2.15. The van der Waals surface area contributed by atoms with Crippen molar-refractivity contribution < 1.29 is 4.79 Å². The highest BCUT2D eigenvalue weighted by atomic mass is 35.5. The number of carbonyl (C=O) groups excluding carboxylic acids is 1. The summed E-state index contributed by atoms with van der Waals surface area (Å²) in [5.41, 5.74) is 4.93. The molecule has 0 spiro atoms. The van der Waals surface area contributed by atoms with Gasteiger partial charge in [-0.1, -0.05) is 24.9 Å². The van der Waals surface area contributed by atoms with Crippen molar-refractivity contribution in [2.24, 2.45) is 5.73 Å². The van der Waals surface area contributed by atoms with Gasteiger partial charge in [0.2, 0.25) is 11.2 Å². The summed E-state index contributed by atoms with van der Waals surface area (Å²) in [6, 6.07) is 1.41. The summed E-state index contributed by atoms with van der Waals surface area (Å²) < 4.78 is 0. The molecule has 1 unspecified atom stereocenters. The Morgan fingerprint density at radius 3 is 2.71 bits per heavy atom. The van der Waals surface area contributed by atoms with Crippen LogP contribution in [0.2, 0.25) is 10.4 Å². The Hall–Kier alpha value is -0.910. The van der Waals surface area contributed by atoms with Gasteiger partial charge in [-0.3, -0.25) is 4.79 Å². The minimum Gasteiger partial charge on any atom is -0.318 e. The van der Waals surface area contributed by atoms with Crippen LogP contribution in [0.25, 0.3) is 0 Å². The van der Waals surface area contributed by atoms with Crippen molar-refractivity contribution in [1.29, 1.82) is 0 Å². The fourth-order valence-corrected chi connectivity index (χ4v) is 1.75. The van der Waals surface area contributed by atoms with Crippen molar-refractivity contribution in [2.75, 3.05) is 5.32 Å². The second kappa shape index (κ2) is 5.62. The van der Waals surface area contributed by atoms with Gasteiger partial charge in [-0.15, -0.1) is 0 Å². The van der Waals surface area contributed by atoms with Gasteiger partial charge >= 0.3 is 0 Å². The maximum Gasteiger partial charge on any atom is 0.245 e. The number of hydrogen-bond donors (Lipinski definition) is 2. The van der Waals surface area contributed by atoms with Gasteiger partial charge in [-0.05, 0) is 24.9 Å². The smallest absolute Gasteiger partial charge is 0.245 e. The monoisotopic (exact) mass is 276 g/mol. The molecule has 0 saturated carbocycles. The molecule has 1 aromatic heterocycles. The molecule has 0 aromatic carbocycles. The first-order valence-corrected chi connectivity index (χ1v) is 5.91. The molecule has 7 heteroatoms. The number of rotatable bonds is 4. The van der Waals surface area contributed by atoms with Crippen molar-refractivity contribution in [3.8, 4) is 0 Å². The summed E-state index contributed by atoms with van der Waals surface area (Å²) in [4.78, 5) is 19.4. The van der Waals surface area contributed by atoms with E-state index in [1.165, 1.54) is 6.07 Å². The topological polar surface area (TPSA) is 80.9 Å². The molecule has 17 heavy (non-hydrogen) atoms. The van der Waals surface area contributed by atoms with Crippen LogP contribution in [0.5, 0.6) is 0 Å². The Labute approximate surface area is 110 Å². The van der Waals surface area contributed by atoms with Crippen molar-refractivity contribution in [3.05, 3.63) is 16.5 Å². The van der Waals surface area contributed by atoms with E-state index >= 15 is 0 Å². The molecule has 1 amide bonds. The second-order valence-electron chi connectivity index (χ2n) is 3.97. The molecule has 3 N–H and O–H groups in total. The highest BCUT2D eigenvalue weighted by Crippen LogP contribution is 2.16. The number of aromatic nitrogens is 2. The lowest BCUT2D eigenvalue weighted by Gasteiger charge is -2.22. The Kier molecular flexibility index (Phi) is 4.68. The third-order valence-corrected chi connectivity index (χ3v) is 2.56. The largest absolute Gasteiger partial charge is 0.318 e. The fourth-order valence-electron chi connectivity index (χ4n) is 1.35. The number of anilines is 1. The van der Waals surface area contributed by atoms with Gasteiger partial charge in [-0.25, -0.2) is 9.97 Å². The second-order valence-corrected chi connectivity index (χ2v) is 4.69. The molecule has 0 aliphatic heterocycles. The Bertz CT molecular complexity index is 403. The zero-order valence-corrected chi connectivity index (χ0v) is 11.1. The standard InChI is InChI=1S/C10H14Cl2N4O/c1-3-4-10(2,13)8(17)15-7-5-6(11)14-9(12)16-7/h5H,3-4,13H2,1-2H3,(H,14,15,16,17). The van der Waals surface area contributed by atoms with Crippen molar-refractivity contribution in [1.82, 2.24) is 9.97 Å². The van der Waals surface area contributed by atoms with E-state index in [1.54, 1.807) is 6.92 Å². The first kappa shape index (κ1) is 14.2. The van der Waals surface area contributed by atoms with Crippen molar-refractivity contribution in [3.63, 3.8) is 0 Å². The van der Waals surface area contributed by atoms with Crippen LogP contribution >= 0.6 is 23.2 Å². The van der Waals surface area contributed by atoms with Gasteiger partial charge < -0.3 is 11.1 Å². The van der Waals surface area contributed by atoms with Gasteiger partial charge in [0, 0.05) is 6.07 Å². The molecule has 0 fully saturated rings. The third kappa shape index (κ3) is 4.11. The highest BCUT2D eigenvalue weighted by Gasteiger charge is 2.27. The Balaban J connectivity index is 2.80. The summed E-state index contributed by atoms with van der Waals surface area (Å²) in [5.74, 6) is -0.0852. The van der Waals surface area contributed by atoms with Crippen LogP contribution in [0.15, 0.2) is 6.07 Å². The van der Waals surface area contributed by atoms with E-state index in [4.69, 9.17) is 28.9 Å². The maximum atomic E-state index is 11.9. The lowest BCUT2D eigenvalue weighted by atomic mass is 9.97. The van der Waals surface area contributed by atoms with E-state index in [9.17, 15) is 4.79 Å². The van der Waals surface area contributed by atoms with Crippen LogP contribution in [-0.4, -0.2) is 21.4 Å². The van der Waals surface area contributed by atoms with Crippen LogP contribution in [0.1, 0.15) is 26.7 Å². The van der Waals surface area contributed by atoms with Gasteiger partial charge in [-0.2, -0.15) is 0 Å². The van der Waals surface area contributed by atoms with E-state index in [1.807, 2.05) is 6.92 Å². The Morgan fingerprint density at radius 1 is 1.53 bits per heavy atom. The maximum absolute atomic E-state index is 11.9. The van der Waals surface area contributed by atoms with E-state index in [0.717, 1.165) is 6.42 Å². The van der Waals surface area contributed by atoms with Gasteiger partial charge in [0.15, 0.2) is 0 Å². The highest BCUT2D eigenvalue weighted by molar-refractivity contribution is 6.32. The van der Waals surface area contributed by atoms with E-state index in [-0.39, 0.29) is 22.2 Å². The number of nitrogens with one attached hydrogen (secondary N) is 1. The number of hydrogen-bond acceptors (Lipinski definition) is 4. The number of halogens is 2. The average molecular weight is 277 g/mol. The third-order valence-electron chi connectivity index (χ3n) is 2.20. The normalized spacial score (nSPS) is 14.2. The van der Waals surface area contributed by atoms with E-state index in [0.29, 0.717) is 6.42 Å². The number of carbonyl (C=O) groups is 1. The zero-order valence-electron chi connectivity index (χ0n) is 9.63. The number of amides is 1. The van der Waals surface area contributed by atoms with Gasteiger partial charge in [0.1, 0.15) is 11.0 Å². The van der Waals surface area contributed by atoms with Crippen molar-refractivity contribution in [2.45, 2.75) is 32.2 Å². The molecule has 0 aliphatic rings. The number of nitrogens with two attached hydrogens (primary N) is 1. The summed E-state index contributed by atoms with van der Waals surface area (Å²) in [6.07, 6.45) is 1.39. The first-order chi connectivity index (χ1) is 7.85. The summed E-state index contributed by atoms with van der Waals surface area (Å²) >= 11 is 11.3. The van der Waals surface area contributed by atoms with Crippen molar-refractivity contribution >= 4 is 34.9 Å². The van der Waals surface area contributed by atoms with Crippen LogP contribution < -0.4 is 11.1 Å². The fraction of sp³-hybridized carbons (Fsp3) is 0.500. The molecule has 0 saturated heterocycles. The zero-order chi connectivity index (χ0) is 13.1. The van der Waals surface area contributed by atoms with E-state index < -0.39 is 5.54 Å². The van der Waals surface area contributed by atoms with Gasteiger partial charge in [0.25, 0.3) is 0 Å². The lowest BCUT2D eigenvalue weighted by Crippen LogP contribution is -2.48. The quantitative estimate of drug-likeness (QED) is 0.653. The molecular formula is C10H14Cl2N4O. The molecule has 1 heterocycles. The minimum atomic E-state index is -0.946. The minimum absolute atomic E-state index is 0.0259. The molecule has 0 aliphatic carbocycles. The van der Waals surface area contributed by atoms with Gasteiger partial charge in [0.05, 0.1) is 5.54 Å². The summed E-state index contributed by atoms with van der Waals surface area (Å²) in [7, 11) is 0. The molecule has 1 aromatic rings. The predicted octanol–water partition coefficient (Wildman–Crippen LogP) is 2.24. The summed E-state index contributed by atoms with van der Waals surface area (Å²) in [6.45, 7) is 3.62. The first-order valence-electron chi connectivity index (χ1n) is 5.15. The molecule has 1 rings (SSSR count). The molecular weight excluding hydrogens is 263 g/mol. The van der Waals surface area contributed by atoms with E-state index in [2.05, 4.69) is 15.3 Å². The molecule has 5 nitrogen and oxygen atoms in total. The SMILES string of the molecule is CCCC(C)(N)C(=O)Nc1cc(Cl)nc(Cl)n1. The summed E-state index contributed by atoms with van der Waals surface area (Å²) in [5, 5.41) is 2.70. The molecule has 0 bridgehead atoms. The lowest BCUT2D eigenvalue weighted by molar-refractivity contribution is -0.120.